The quantitative estimate of drug-likeness (QED) is 0.135. The van der Waals surface area contributed by atoms with Crippen LogP contribution in [-0.2, 0) is 9.59 Å². The van der Waals surface area contributed by atoms with Gasteiger partial charge in [-0.15, -0.1) is 0 Å². The highest BCUT2D eigenvalue weighted by Crippen LogP contribution is 2.45. The van der Waals surface area contributed by atoms with E-state index in [0.29, 0.717) is 34.4 Å². The van der Waals surface area contributed by atoms with Gasteiger partial charge in [0.25, 0.3) is 5.78 Å². The number of methoxy groups -OCH3 is 1. The molecule has 0 saturated carbocycles. The molecule has 3 aromatic carbocycles. The zero-order chi connectivity index (χ0) is 27.0. The van der Waals surface area contributed by atoms with E-state index in [1.165, 1.54) is 16.2 Å². The van der Waals surface area contributed by atoms with Crippen LogP contribution in [0.5, 0.6) is 11.5 Å². The van der Waals surface area contributed by atoms with E-state index >= 15 is 0 Å². The van der Waals surface area contributed by atoms with Gasteiger partial charge in [-0.2, -0.15) is 0 Å². The minimum absolute atomic E-state index is 0.0177. The van der Waals surface area contributed by atoms with Crippen molar-refractivity contribution in [2.75, 3.05) is 18.6 Å². The Bertz CT molecular complexity index is 1620. The molecule has 0 bridgehead atoms. The topological polar surface area (TPSA) is 89.0 Å². The van der Waals surface area contributed by atoms with Crippen molar-refractivity contribution < 1.29 is 24.2 Å². The number of anilines is 1. The van der Waals surface area contributed by atoms with Crippen molar-refractivity contribution in [1.82, 2.24) is 4.98 Å². The van der Waals surface area contributed by atoms with Crippen LogP contribution in [0.1, 0.15) is 28.3 Å². The predicted octanol–water partition coefficient (Wildman–Crippen LogP) is 6.11. The van der Waals surface area contributed by atoms with Crippen LogP contribution in [0.25, 0.3) is 16.0 Å². The Morgan fingerprint density at radius 3 is 2.68 bits per heavy atom. The van der Waals surface area contributed by atoms with E-state index in [4.69, 9.17) is 9.47 Å². The van der Waals surface area contributed by atoms with Crippen molar-refractivity contribution in [2.24, 2.45) is 0 Å². The lowest BCUT2D eigenvalue weighted by Crippen LogP contribution is -2.29. The van der Waals surface area contributed by atoms with Crippen molar-refractivity contribution in [3.63, 3.8) is 0 Å². The second-order valence-corrected chi connectivity index (χ2v) is 10.0. The molecular weight excluding hydrogens is 500 g/mol. The van der Waals surface area contributed by atoms with E-state index in [-0.39, 0.29) is 11.3 Å². The molecule has 1 saturated heterocycles. The number of aromatic nitrogens is 1. The first-order valence-corrected chi connectivity index (χ1v) is 12.8. The molecule has 5 rings (SSSR count). The van der Waals surface area contributed by atoms with Crippen LogP contribution in [0.3, 0.4) is 0 Å². The summed E-state index contributed by atoms with van der Waals surface area (Å²) in [4.78, 5) is 33.1. The largest absolute Gasteiger partial charge is 0.507 e. The average molecular weight is 527 g/mol. The summed E-state index contributed by atoms with van der Waals surface area (Å²) >= 11 is 1.32. The number of rotatable bonds is 7. The summed E-state index contributed by atoms with van der Waals surface area (Å²) in [7, 11) is 1.56. The number of nitrogens with zero attached hydrogens (tertiary/aromatic N) is 2. The molecule has 1 amide bonds. The summed E-state index contributed by atoms with van der Waals surface area (Å²) in [5.74, 6) is -0.608. The molecule has 1 atom stereocenters. The molecule has 4 aromatic rings. The summed E-state index contributed by atoms with van der Waals surface area (Å²) < 4.78 is 12.0. The highest BCUT2D eigenvalue weighted by Gasteiger charge is 2.48. The zero-order valence-electron chi connectivity index (χ0n) is 21.2. The number of ether oxygens (including phenoxy) is 2. The van der Waals surface area contributed by atoms with Gasteiger partial charge in [-0.05, 0) is 73.0 Å². The van der Waals surface area contributed by atoms with Crippen molar-refractivity contribution >= 4 is 44.1 Å². The smallest absolute Gasteiger partial charge is 0.301 e. The fraction of sp³-hybridized carbons (Fsp3) is 0.167. The van der Waals surface area contributed by atoms with Crippen molar-refractivity contribution in [2.45, 2.75) is 19.9 Å². The maximum Gasteiger partial charge on any atom is 0.301 e. The minimum Gasteiger partial charge on any atom is -0.507 e. The summed E-state index contributed by atoms with van der Waals surface area (Å²) in [6, 6.07) is 17.2. The van der Waals surface area contributed by atoms with Gasteiger partial charge in [-0.3, -0.25) is 14.5 Å². The van der Waals surface area contributed by atoms with E-state index in [9.17, 15) is 14.7 Å². The van der Waals surface area contributed by atoms with E-state index in [0.717, 1.165) is 21.3 Å². The van der Waals surface area contributed by atoms with Gasteiger partial charge in [0.05, 0.1) is 28.9 Å². The van der Waals surface area contributed by atoms with Crippen LogP contribution < -0.4 is 14.4 Å². The molecule has 0 unspecified atom stereocenters. The highest BCUT2D eigenvalue weighted by molar-refractivity contribution is 7.22. The van der Waals surface area contributed by atoms with E-state index < -0.39 is 17.7 Å². The SMILES string of the molecule is C=CCOc1cccc([C@@H]2C(=C(O)c3ccc(OC)c(C)c3)C(=O)C(=O)N2c2nc3ccc(C)cc3s2)c1. The van der Waals surface area contributed by atoms with Crippen LogP contribution in [0.4, 0.5) is 5.13 Å². The molecule has 192 valence electrons. The van der Waals surface area contributed by atoms with Gasteiger partial charge in [0.15, 0.2) is 5.13 Å². The number of benzene rings is 3. The molecule has 0 spiro atoms. The third kappa shape index (κ3) is 4.43. The van der Waals surface area contributed by atoms with Crippen LogP contribution in [0, 0.1) is 13.8 Å². The van der Waals surface area contributed by atoms with Gasteiger partial charge in [0.2, 0.25) is 0 Å². The summed E-state index contributed by atoms with van der Waals surface area (Å²) in [6.45, 7) is 7.81. The number of carbonyl (C=O) groups is 2. The molecule has 38 heavy (non-hydrogen) atoms. The van der Waals surface area contributed by atoms with Crippen molar-refractivity contribution in [3.8, 4) is 11.5 Å². The number of hydrogen-bond acceptors (Lipinski definition) is 7. The summed E-state index contributed by atoms with van der Waals surface area (Å²) in [5.41, 5.74) is 3.57. The Hall–Kier alpha value is -4.43. The number of carbonyl (C=O) groups excluding carboxylic acids is 2. The van der Waals surface area contributed by atoms with Gasteiger partial charge < -0.3 is 14.6 Å². The zero-order valence-corrected chi connectivity index (χ0v) is 22.0. The molecule has 1 aliphatic heterocycles. The molecule has 1 aromatic heterocycles. The Labute approximate surface area is 224 Å². The Morgan fingerprint density at radius 2 is 1.95 bits per heavy atom. The number of Topliss-reactive ketones (excluding diaryl/α,β-unsaturated/α-hetero) is 1. The molecule has 2 heterocycles. The number of fused-ring (bicyclic) bond motifs is 1. The Kier molecular flexibility index (Phi) is 6.73. The Morgan fingerprint density at radius 1 is 1.13 bits per heavy atom. The first-order valence-electron chi connectivity index (χ1n) is 12.0. The Balaban J connectivity index is 1.71. The maximum atomic E-state index is 13.5. The first-order chi connectivity index (χ1) is 18.3. The van der Waals surface area contributed by atoms with Gasteiger partial charge in [-0.25, -0.2) is 4.98 Å². The highest BCUT2D eigenvalue weighted by atomic mass is 32.1. The minimum atomic E-state index is -0.911. The molecule has 1 N–H and O–H groups in total. The van der Waals surface area contributed by atoms with Crippen LogP contribution in [0.2, 0.25) is 0 Å². The van der Waals surface area contributed by atoms with Gasteiger partial charge >= 0.3 is 5.91 Å². The molecule has 1 fully saturated rings. The van der Waals surface area contributed by atoms with Gasteiger partial charge in [0, 0.05) is 5.56 Å². The van der Waals surface area contributed by atoms with Crippen LogP contribution in [-0.4, -0.2) is 35.5 Å². The number of thiazole rings is 1. The number of hydrogen-bond donors (Lipinski definition) is 1. The van der Waals surface area contributed by atoms with Crippen molar-refractivity contribution in [1.29, 1.82) is 0 Å². The lowest BCUT2D eigenvalue weighted by Gasteiger charge is -2.23. The number of ketones is 1. The molecule has 8 heteroatoms. The lowest BCUT2D eigenvalue weighted by atomic mass is 9.94. The van der Waals surface area contributed by atoms with Crippen LogP contribution >= 0.6 is 11.3 Å². The third-order valence-electron chi connectivity index (χ3n) is 6.39. The normalized spacial score (nSPS) is 16.7. The fourth-order valence-corrected chi connectivity index (χ4v) is 5.67. The summed E-state index contributed by atoms with van der Waals surface area (Å²) in [5, 5.41) is 11.8. The van der Waals surface area contributed by atoms with Crippen LogP contribution in [0.15, 0.2) is 78.9 Å². The first kappa shape index (κ1) is 25.2. The monoisotopic (exact) mass is 526 g/mol. The lowest BCUT2D eigenvalue weighted by molar-refractivity contribution is -0.132. The molecule has 0 aliphatic carbocycles. The summed E-state index contributed by atoms with van der Waals surface area (Å²) in [6.07, 6.45) is 1.63. The molecule has 0 radical (unpaired) electrons. The maximum absolute atomic E-state index is 13.5. The predicted molar refractivity (Wildman–Crippen MR) is 149 cm³/mol. The van der Waals surface area contributed by atoms with E-state index in [2.05, 4.69) is 11.6 Å². The van der Waals surface area contributed by atoms with Gasteiger partial charge in [-0.1, -0.05) is 42.2 Å². The standard InChI is InChI=1S/C30H26N2O5S/c1-5-13-37-21-8-6-7-19(16-21)26-25(27(33)20-10-12-23(36-4)18(3)15-20)28(34)29(35)32(26)30-31-22-11-9-17(2)14-24(22)38-30/h5-12,14-16,26,33H,1,13H2,2-4H3/t26-/m1/s1. The molecular formula is C30H26N2O5S. The van der Waals surface area contributed by atoms with Crippen molar-refractivity contribution in [3.05, 3.63) is 101 Å². The number of amides is 1. The third-order valence-corrected chi connectivity index (χ3v) is 7.41. The van der Waals surface area contributed by atoms with Gasteiger partial charge in [0.1, 0.15) is 23.9 Å². The average Bonchev–Trinajstić information content (AvgIpc) is 3.44. The number of aliphatic hydroxyl groups excluding tert-OH is 1. The molecule has 7 nitrogen and oxygen atoms in total. The van der Waals surface area contributed by atoms with E-state index in [1.807, 2.05) is 32.0 Å². The number of aryl methyl sites for hydroxylation is 2. The molecule has 1 aliphatic rings. The number of aliphatic hydroxyl groups is 1. The van der Waals surface area contributed by atoms with E-state index in [1.54, 1.807) is 55.7 Å². The second-order valence-electron chi connectivity index (χ2n) is 8.99. The second kappa shape index (κ2) is 10.1. The fourth-order valence-electron chi connectivity index (χ4n) is 4.58.